The van der Waals surface area contributed by atoms with Crippen LogP contribution in [0, 0.1) is 5.92 Å². The highest BCUT2D eigenvalue weighted by Gasteiger charge is 2.40. The number of alkyl carbamates (subject to hydrolysis) is 1. The monoisotopic (exact) mass is 259 g/mol. The van der Waals surface area contributed by atoms with Crippen molar-refractivity contribution in [3.8, 4) is 0 Å². The van der Waals surface area contributed by atoms with Crippen molar-refractivity contribution < 1.29 is 19.7 Å². The summed E-state index contributed by atoms with van der Waals surface area (Å²) in [5.41, 5.74) is -1.80. The maximum Gasteiger partial charge on any atom is 0.407 e. The summed E-state index contributed by atoms with van der Waals surface area (Å²) in [7, 11) is 0. The first-order valence-corrected chi connectivity index (χ1v) is 6.50. The van der Waals surface area contributed by atoms with Crippen LogP contribution in [-0.4, -0.2) is 40.2 Å². The van der Waals surface area contributed by atoms with E-state index >= 15 is 0 Å². The Morgan fingerprint density at radius 3 is 2.61 bits per heavy atom. The molecule has 1 aliphatic rings. The lowest BCUT2D eigenvalue weighted by atomic mass is 9.77. The molecule has 0 spiro atoms. The van der Waals surface area contributed by atoms with Crippen LogP contribution < -0.4 is 5.32 Å². The van der Waals surface area contributed by atoms with E-state index in [1.807, 2.05) is 6.92 Å². The van der Waals surface area contributed by atoms with E-state index < -0.39 is 23.4 Å². The molecule has 0 unspecified atom stereocenters. The largest absolute Gasteiger partial charge is 0.444 e. The lowest BCUT2D eigenvalue weighted by Crippen LogP contribution is -2.54. The van der Waals surface area contributed by atoms with Crippen molar-refractivity contribution in [1.29, 1.82) is 0 Å². The fraction of sp³-hybridized carbons (Fsp3) is 0.923. The Morgan fingerprint density at radius 2 is 2.11 bits per heavy atom. The van der Waals surface area contributed by atoms with Gasteiger partial charge in [0.05, 0.1) is 12.6 Å². The van der Waals surface area contributed by atoms with Crippen LogP contribution in [0.3, 0.4) is 0 Å². The molecule has 3 atom stereocenters. The van der Waals surface area contributed by atoms with E-state index in [9.17, 15) is 15.0 Å². The van der Waals surface area contributed by atoms with Gasteiger partial charge in [-0.1, -0.05) is 6.92 Å². The van der Waals surface area contributed by atoms with Gasteiger partial charge in [-0.3, -0.25) is 0 Å². The molecule has 0 aromatic rings. The van der Waals surface area contributed by atoms with Crippen molar-refractivity contribution >= 4 is 6.09 Å². The number of aliphatic hydroxyl groups is 2. The van der Waals surface area contributed by atoms with Gasteiger partial charge in [0, 0.05) is 0 Å². The molecule has 1 fully saturated rings. The normalized spacial score (nSPS) is 33.0. The van der Waals surface area contributed by atoms with Crippen LogP contribution >= 0.6 is 0 Å². The highest BCUT2D eigenvalue weighted by atomic mass is 16.6. The summed E-state index contributed by atoms with van der Waals surface area (Å²) < 4.78 is 5.09. The average molecular weight is 259 g/mol. The number of nitrogens with one attached hydrogen (secondary N) is 1. The highest BCUT2D eigenvalue weighted by Crippen LogP contribution is 2.31. The van der Waals surface area contributed by atoms with Gasteiger partial charge in [-0.05, 0) is 46.0 Å². The SMILES string of the molecule is C[C@@H]1CC[C@@](O)(CNC(=O)OC(C)(C)C)[C@H](O)C1. The first kappa shape index (κ1) is 15.2. The fourth-order valence-corrected chi connectivity index (χ4v) is 2.13. The minimum Gasteiger partial charge on any atom is -0.444 e. The Balaban J connectivity index is 2.44. The van der Waals surface area contributed by atoms with Crippen molar-refractivity contribution in [3.05, 3.63) is 0 Å². The molecule has 5 heteroatoms. The van der Waals surface area contributed by atoms with Crippen molar-refractivity contribution in [2.24, 2.45) is 5.92 Å². The molecule has 0 bridgehead atoms. The van der Waals surface area contributed by atoms with E-state index in [0.29, 0.717) is 18.8 Å². The zero-order chi connectivity index (χ0) is 14.0. The molecule has 1 aliphatic carbocycles. The van der Waals surface area contributed by atoms with Gasteiger partial charge in [0.2, 0.25) is 0 Å². The van der Waals surface area contributed by atoms with E-state index in [0.717, 1.165) is 6.42 Å². The molecule has 5 nitrogen and oxygen atoms in total. The first-order chi connectivity index (χ1) is 8.12. The Labute approximate surface area is 109 Å². The second kappa shape index (κ2) is 5.45. The van der Waals surface area contributed by atoms with Gasteiger partial charge in [-0.15, -0.1) is 0 Å². The van der Waals surface area contributed by atoms with Crippen LogP contribution in [0.5, 0.6) is 0 Å². The van der Waals surface area contributed by atoms with Gasteiger partial charge >= 0.3 is 6.09 Å². The fourth-order valence-electron chi connectivity index (χ4n) is 2.13. The molecule has 0 radical (unpaired) electrons. The van der Waals surface area contributed by atoms with Gasteiger partial charge in [0.15, 0.2) is 0 Å². The van der Waals surface area contributed by atoms with E-state index in [4.69, 9.17) is 4.74 Å². The molecule has 1 rings (SSSR count). The summed E-state index contributed by atoms with van der Waals surface area (Å²) in [5, 5.41) is 22.7. The molecule has 106 valence electrons. The Bertz CT molecular complexity index is 300. The maximum absolute atomic E-state index is 11.5. The van der Waals surface area contributed by atoms with Crippen LogP contribution in [0.1, 0.15) is 47.0 Å². The van der Waals surface area contributed by atoms with Crippen molar-refractivity contribution in [2.45, 2.75) is 64.3 Å². The summed E-state index contributed by atoms with van der Waals surface area (Å²) >= 11 is 0. The molecular formula is C13H25NO4. The second-order valence-corrected chi connectivity index (χ2v) is 6.35. The summed E-state index contributed by atoms with van der Waals surface area (Å²) in [4.78, 5) is 11.5. The lowest BCUT2D eigenvalue weighted by molar-refractivity contribution is -0.107. The van der Waals surface area contributed by atoms with Gasteiger partial charge in [-0.25, -0.2) is 4.79 Å². The van der Waals surface area contributed by atoms with Crippen LogP contribution in [0.15, 0.2) is 0 Å². The van der Waals surface area contributed by atoms with Crippen molar-refractivity contribution in [2.75, 3.05) is 6.54 Å². The smallest absolute Gasteiger partial charge is 0.407 e. The van der Waals surface area contributed by atoms with E-state index in [2.05, 4.69) is 5.32 Å². The van der Waals surface area contributed by atoms with E-state index in [-0.39, 0.29) is 6.54 Å². The van der Waals surface area contributed by atoms with Gasteiger partial charge < -0.3 is 20.3 Å². The number of aliphatic hydroxyl groups excluding tert-OH is 1. The second-order valence-electron chi connectivity index (χ2n) is 6.35. The standard InChI is InChI=1S/C13H25NO4/c1-9-5-6-13(17,10(15)7-9)8-14-11(16)18-12(2,3)4/h9-10,15,17H,5-8H2,1-4H3,(H,14,16)/t9-,10-,13-/m1/s1. The number of rotatable bonds is 2. The lowest BCUT2D eigenvalue weighted by Gasteiger charge is -2.39. The van der Waals surface area contributed by atoms with E-state index in [1.54, 1.807) is 20.8 Å². The third kappa shape index (κ3) is 4.46. The number of hydrogen-bond acceptors (Lipinski definition) is 4. The molecule has 18 heavy (non-hydrogen) atoms. The van der Waals surface area contributed by atoms with Crippen LogP contribution in [0.2, 0.25) is 0 Å². The molecular weight excluding hydrogens is 234 g/mol. The predicted molar refractivity (Wildman–Crippen MR) is 68.2 cm³/mol. The number of hydrogen-bond donors (Lipinski definition) is 3. The third-order valence-electron chi connectivity index (χ3n) is 3.25. The van der Waals surface area contributed by atoms with Crippen LogP contribution in [0.4, 0.5) is 4.79 Å². The van der Waals surface area contributed by atoms with Gasteiger partial charge in [0.1, 0.15) is 11.2 Å². The zero-order valence-electron chi connectivity index (χ0n) is 11.7. The predicted octanol–water partition coefficient (Wildman–Crippen LogP) is 1.42. The summed E-state index contributed by atoms with van der Waals surface area (Å²) in [6.45, 7) is 7.40. The molecule has 0 aromatic heterocycles. The summed E-state index contributed by atoms with van der Waals surface area (Å²) in [6.07, 6.45) is 0.541. The molecule has 0 aromatic carbocycles. The van der Waals surface area contributed by atoms with Crippen molar-refractivity contribution in [3.63, 3.8) is 0 Å². The average Bonchev–Trinajstić information content (AvgIpc) is 2.19. The Hall–Kier alpha value is -0.810. The Kier molecular flexibility index (Phi) is 4.61. The number of carbonyl (C=O) groups excluding carboxylic acids is 1. The van der Waals surface area contributed by atoms with E-state index in [1.165, 1.54) is 0 Å². The minimum absolute atomic E-state index is 0.0236. The quantitative estimate of drug-likeness (QED) is 0.701. The molecule has 3 N–H and O–H groups in total. The third-order valence-corrected chi connectivity index (χ3v) is 3.25. The number of amides is 1. The summed E-state index contributed by atoms with van der Waals surface area (Å²) in [5.74, 6) is 0.404. The van der Waals surface area contributed by atoms with Gasteiger partial charge in [0.25, 0.3) is 0 Å². The molecule has 0 heterocycles. The maximum atomic E-state index is 11.5. The molecule has 0 aliphatic heterocycles. The Morgan fingerprint density at radius 1 is 1.50 bits per heavy atom. The topological polar surface area (TPSA) is 78.8 Å². The zero-order valence-corrected chi connectivity index (χ0v) is 11.7. The van der Waals surface area contributed by atoms with Crippen LogP contribution in [0.25, 0.3) is 0 Å². The number of carbonyl (C=O) groups is 1. The molecule has 1 amide bonds. The van der Waals surface area contributed by atoms with Crippen molar-refractivity contribution in [1.82, 2.24) is 5.32 Å². The highest BCUT2D eigenvalue weighted by molar-refractivity contribution is 5.67. The molecule has 0 saturated heterocycles. The molecule has 1 saturated carbocycles. The number of ether oxygens (including phenoxy) is 1. The van der Waals surface area contributed by atoms with Crippen LogP contribution in [-0.2, 0) is 4.74 Å². The van der Waals surface area contributed by atoms with Gasteiger partial charge in [-0.2, -0.15) is 0 Å². The first-order valence-electron chi connectivity index (χ1n) is 6.50. The minimum atomic E-state index is -1.23. The summed E-state index contributed by atoms with van der Waals surface area (Å²) in [6, 6.07) is 0.